The summed E-state index contributed by atoms with van der Waals surface area (Å²) in [4.78, 5) is 0. The Morgan fingerprint density at radius 1 is 0.605 bits per heavy atom. The number of hydrogen-bond donors (Lipinski definition) is 0. The van der Waals surface area contributed by atoms with E-state index in [0.717, 1.165) is 50.9 Å². The van der Waals surface area contributed by atoms with Crippen molar-refractivity contribution in [3.8, 4) is 45.4 Å². The van der Waals surface area contributed by atoms with E-state index in [1.807, 2.05) is 36.7 Å². The Morgan fingerprint density at radius 3 is 1.81 bits per heavy atom. The van der Waals surface area contributed by atoms with Gasteiger partial charge in [-0.1, -0.05) is 13.8 Å². The average Bonchev–Trinajstić information content (AvgIpc) is 3.85. The lowest BCUT2D eigenvalue weighted by molar-refractivity contribution is 0.412. The first kappa shape index (κ1) is 26.3. The zero-order valence-corrected chi connectivity index (χ0v) is 26.0. The number of aromatic nitrogens is 4. The lowest BCUT2D eigenvalue weighted by Crippen LogP contribution is -2.21. The molecular formula is C33H30N4O4P2. The lowest BCUT2D eigenvalue weighted by Gasteiger charge is -2.31. The van der Waals surface area contributed by atoms with Crippen LogP contribution >= 0.6 is 16.9 Å². The Hall–Kier alpha value is -4.38. The molecule has 2 atom stereocenters. The second kappa shape index (κ2) is 9.84. The summed E-state index contributed by atoms with van der Waals surface area (Å²) in [6.45, 7) is 4.49. The third kappa shape index (κ3) is 3.97. The van der Waals surface area contributed by atoms with Gasteiger partial charge in [-0.3, -0.25) is 17.4 Å². The molecular weight excluding hydrogens is 578 g/mol. The molecule has 2 aromatic carbocycles. The molecule has 10 heteroatoms. The van der Waals surface area contributed by atoms with Gasteiger partial charge in [-0.25, -0.2) is 0 Å². The average molecular weight is 609 g/mol. The summed E-state index contributed by atoms with van der Waals surface area (Å²) < 4.78 is 34.7. The highest BCUT2D eigenvalue weighted by Gasteiger charge is 2.40. The number of benzene rings is 2. The molecule has 2 aliphatic heterocycles. The first-order chi connectivity index (χ1) is 21.0. The number of hydrogen-bond acceptors (Lipinski definition) is 4. The molecule has 0 spiro atoms. The van der Waals surface area contributed by atoms with E-state index in [9.17, 15) is 0 Å². The summed E-state index contributed by atoms with van der Waals surface area (Å²) >= 11 is 0. The predicted molar refractivity (Wildman–Crippen MR) is 171 cm³/mol. The van der Waals surface area contributed by atoms with E-state index < -0.39 is 22.3 Å². The van der Waals surface area contributed by atoms with Gasteiger partial charge in [0, 0.05) is 70.5 Å². The minimum absolute atomic E-state index is 0.390. The molecule has 43 heavy (non-hydrogen) atoms. The van der Waals surface area contributed by atoms with Crippen molar-refractivity contribution in [3.63, 3.8) is 0 Å². The van der Waals surface area contributed by atoms with E-state index in [-0.39, 0.29) is 0 Å². The van der Waals surface area contributed by atoms with E-state index >= 15 is 0 Å². The van der Waals surface area contributed by atoms with Crippen LogP contribution in [0.2, 0.25) is 0 Å². The maximum atomic E-state index is 7.16. The number of nitrogens with zero attached hydrogens (tertiary/aromatic N) is 4. The molecule has 2 aliphatic rings. The Labute approximate surface area is 252 Å². The molecule has 216 valence electrons. The SMILES string of the molecule is COc1cc(-c2cc(OC)cc3c2OP(n2cccc2)n2cccc2C3(C)C)c2c(c1)-c1cccn1P(n1cccc1)O2. The zero-order chi connectivity index (χ0) is 29.3. The summed E-state index contributed by atoms with van der Waals surface area (Å²) in [6.07, 6.45) is 12.4. The van der Waals surface area contributed by atoms with Crippen molar-refractivity contribution in [2.24, 2.45) is 0 Å². The highest BCUT2D eigenvalue weighted by atomic mass is 31.2. The van der Waals surface area contributed by atoms with Crippen LogP contribution in [0.3, 0.4) is 0 Å². The maximum absolute atomic E-state index is 7.16. The highest BCUT2D eigenvalue weighted by Crippen LogP contribution is 2.60. The molecule has 0 bridgehead atoms. The minimum atomic E-state index is -1.28. The monoisotopic (exact) mass is 608 g/mol. The van der Waals surface area contributed by atoms with E-state index in [2.05, 4.69) is 105 Å². The fourth-order valence-electron chi connectivity index (χ4n) is 6.03. The Balaban J connectivity index is 1.41. The molecule has 0 radical (unpaired) electrons. The summed E-state index contributed by atoms with van der Waals surface area (Å²) in [5.41, 5.74) is 5.64. The molecule has 6 heterocycles. The molecule has 0 saturated carbocycles. The van der Waals surface area contributed by atoms with Crippen LogP contribution in [0, 0.1) is 0 Å². The summed E-state index contributed by atoms with van der Waals surface area (Å²) in [6, 6.07) is 24.9. The van der Waals surface area contributed by atoms with Crippen LogP contribution in [-0.4, -0.2) is 31.6 Å². The Bertz CT molecular complexity index is 1960. The summed E-state index contributed by atoms with van der Waals surface area (Å²) in [7, 11) is 0.914. The van der Waals surface area contributed by atoms with Crippen molar-refractivity contribution in [1.29, 1.82) is 0 Å². The topological polar surface area (TPSA) is 56.6 Å². The van der Waals surface area contributed by atoms with Crippen LogP contribution in [0.4, 0.5) is 0 Å². The van der Waals surface area contributed by atoms with Gasteiger partial charge in [0.25, 0.3) is 0 Å². The Kier molecular flexibility index (Phi) is 6.01. The maximum Gasteiger partial charge on any atom is 0.318 e. The van der Waals surface area contributed by atoms with Gasteiger partial charge < -0.3 is 18.5 Å². The molecule has 0 fully saturated rings. The van der Waals surface area contributed by atoms with Crippen LogP contribution in [0.5, 0.6) is 23.0 Å². The van der Waals surface area contributed by atoms with Gasteiger partial charge >= 0.3 is 16.9 Å². The molecule has 0 saturated heterocycles. The zero-order valence-electron chi connectivity index (χ0n) is 24.2. The molecule has 4 aromatic heterocycles. The first-order valence-corrected chi connectivity index (χ1v) is 16.3. The summed E-state index contributed by atoms with van der Waals surface area (Å²) in [5, 5.41) is 0. The van der Waals surface area contributed by atoms with E-state index in [4.69, 9.17) is 18.5 Å². The van der Waals surface area contributed by atoms with Crippen molar-refractivity contribution >= 4 is 16.9 Å². The van der Waals surface area contributed by atoms with Crippen LogP contribution in [0.15, 0.2) is 110 Å². The van der Waals surface area contributed by atoms with Gasteiger partial charge in [-0.2, -0.15) is 0 Å². The number of rotatable bonds is 5. The number of ether oxygens (including phenoxy) is 2. The molecule has 0 N–H and O–H groups in total. The number of fused-ring (bicyclic) bond motifs is 5. The largest absolute Gasteiger partial charge is 0.497 e. The third-order valence-electron chi connectivity index (χ3n) is 8.22. The van der Waals surface area contributed by atoms with Crippen molar-refractivity contribution in [2.75, 3.05) is 14.2 Å². The smallest absolute Gasteiger partial charge is 0.318 e. The predicted octanol–water partition coefficient (Wildman–Crippen LogP) is 8.60. The second-order valence-electron chi connectivity index (χ2n) is 11.0. The molecule has 0 amide bonds. The van der Waals surface area contributed by atoms with Crippen molar-refractivity contribution in [2.45, 2.75) is 19.3 Å². The molecule has 8 nitrogen and oxygen atoms in total. The van der Waals surface area contributed by atoms with Gasteiger partial charge in [0.05, 0.1) is 19.9 Å². The van der Waals surface area contributed by atoms with Gasteiger partial charge in [0.15, 0.2) is 0 Å². The van der Waals surface area contributed by atoms with Gasteiger partial charge in [-0.15, -0.1) is 0 Å². The van der Waals surface area contributed by atoms with Crippen molar-refractivity contribution in [1.82, 2.24) is 17.4 Å². The van der Waals surface area contributed by atoms with E-state index in [1.54, 1.807) is 14.2 Å². The molecule has 2 unspecified atom stereocenters. The van der Waals surface area contributed by atoms with Crippen LogP contribution < -0.4 is 18.5 Å². The fraction of sp³-hybridized carbons (Fsp3) is 0.152. The van der Waals surface area contributed by atoms with E-state index in [0.29, 0.717) is 0 Å². The molecule has 6 aromatic rings. The lowest BCUT2D eigenvalue weighted by atomic mass is 9.79. The van der Waals surface area contributed by atoms with Crippen LogP contribution in [0.25, 0.3) is 22.4 Å². The van der Waals surface area contributed by atoms with Gasteiger partial charge in [-0.05, 0) is 72.8 Å². The molecule has 0 aliphatic carbocycles. The first-order valence-electron chi connectivity index (χ1n) is 14.0. The highest BCUT2D eigenvalue weighted by molar-refractivity contribution is 7.50. The van der Waals surface area contributed by atoms with Gasteiger partial charge in [0.2, 0.25) is 0 Å². The van der Waals surface area contributed by atoms with Crippen molar-refractivity contribution in [3.05, 3.63) is 121 Å². The standard InChI is InChI=1S/C33H30N4O4P2/c1-33(2)28-22-24(39-4)20-26(32(28)41-43(35-15-7-8-16-35)37-18-10-12-30(33)37)25-19-23(38-3)21-27-29-11-9-17-36(29)42(40-31(25)27)34-13-5-6-14-34/h5-22H,1-4H3. The minimum Gasteiger partial charge on any atom is -0.497 e. The fourth-order valence-corrected chi connectivity index (χ4v) is 9.56. The normalized spacial score (nSPS) is 17.9. The van der Waals surface area contributed by atoms with Crippen molar-refractivity contribution < 1.29 is 18.5 Å². The van der Waals surface area contributed by atoms with Crippen LogP contribution in [0.1, 0.15) is 25.1 Å². The quantitative estimate of drug-likeness (QED) is 0.184. The summed E-state index contributed by atoms with van der Waals surface area (Å²) in [5.74, 6) is 3.08. The third-order valence-corrected chi connectivity index (χ3v) is 11.7. The Morgan fingerprint density at radius 2 is 1.14 bits per heavy atom. The second-order valence-corrected chi connectivity index (χ2v) is 14.2. The van der Waals surface area contributed by atoms with Gasteiger partial charge in [0.1, 0.15) is 23.0 Å². The number of methoxy groups -OCH3 is 2. The van der Waals surface area contributed by atoms with E-state index in [1.165, 1.54) is 5.69 Å². The van der Waals surface area contributed by atoms with Crippen LogP contribution in [-0.2, 0) is 5.41 Å². The molecule has 8 rings (SSSR count).